The molecule has 0 fully saturated rings. The first-order valence-corrected chi connectivity index (χ1v) is 5.50. The number of hydrogen-bond acceptors (Lipinski definition) is 1. The summed E-state index contributed by atoms with van der Waals surface area (Å²) in [4.78, 5) is 0. The van der Waals surface area contributed by atoms with E-state index < -0.39 is 0 Å². The summed E-state index contributed by atoms with van der Waals surface area (Å²) >= 11 is 2.33. The number of aryl methyl sites for hydroxylation is 1. The number of rotatable bonds is 2. The van der Waals surface area contributed by atoms with Crippen LogP contribution in [0.2, 0.25) is 0 Å². The minimum Gasteiger partial charge on any atom is -0.265 e. The molecule has 0 aliphatic carbocycles. The minimum atomic E-state index is 1.00. The summed E-state index contributed by atoms with van der Waals surface area (Å²) in [5.41, 5.74) is 1.24. The Kier molecular flexibility index (Phi) is 2.53. The third-order valence-electron chi connectivity index (χ3n) is 2.04. The Bertz CT molecular complexity index is 420. The summed E-state index contributed by atoms with van der Waals surface area (Å²) in [5.74, 6) is 0. The summed E-state index contributed by atoms with van der Waals surface area (Å²) in [5, 5.41) is 5.57. The van der Waals surface area contributed by atoms with Gasteiger partial charge in [-0.3, -0.25) is 4.68 Å². The van der Waals surface area contributed by atoms with E-state index in [0.29, 0.717) is 0 Å². The third-order valence-corrected chi connectivity index (χ3v) is 2.71. The molecule has 0 spiro atoms. The van der Waals surface area contributed by atoms with Crippen molar-refractivity contribution in [2.75, 3.05) is 0 Å². The molecule has 0 bridgehead atoms. The maximum atomic E-state index is 4.34. The summed E-state index contributed by atoms with van der Waals surface area (Å²) in [6.07, 6.45) is 3.06. The number of halogens is 1. The van der Waals surface area contributed by atoms with E-state index in [1.54, 1.807) is 0 Å². The van der Waals surface area contributed by atoms with Crippen LogP contribution in [0.15, 0.2) is 24.4 Å². The van der Waals surface area contributed by atoms with Gasteiger partial charge < -0.3 is 0 Å². The Morgan fingerprint density at radius 1 is 1.46 bits per heavy atom. The molecular weight excluding hydrogens is 275 g/mol. The first kappa shape index (κ1) is 8.99. The lowest BCUT2D eigenvalue weighted by atomic mass is 10.2. The van der Waals surface area contributed by atoms with Gasteiger partial charge in [-0.1, -0.05) is 13.0 Å². The highest BCUT2D eigenvalue weighted by atomic mass is 127. The molecule has 0 saturated heterocycles. The van der Waals surface area contributed by atoms with Crippen LogP contribution in [0.5, 0.6) is 0 Å². The van der Waals surface area contributed by atoms with Crippen LogP contribution in [0.3, 0.4) is 0 Å². The highest BCUT2D eigenvalue weighted by Gasteiger charge is 2.01. The SMILES string of the molecule is CCCn1ncc2ccc(I)cc21. The molecule has 0 N–H and O–H groups in total. The van der Waals surface area contributed by atoms with E-state index in [-0.39, 0.29) is 0 Å². The van der Waals surface area contributed by atoms with Crippen molar-refractivity contribution in [3.8, 4) is 0 Å². The van der Waals surface area contributed by atoms with Crippen LogP contribution in [0.1, 0.15) is 13.3 Å². The molecular formula is C10H11IN2. The first-order valence-electron chi connectivity index (χ1n) is 4.42. The van der Waals surface area contributed by atoms with Gasteiger partial charge in [-0.05, 0) is 41.1 Å². The van der Waals surface area contributed by atoms with Gasteiger partial charge in [-0.25, -0.2) is 0 Å². The summed E-state index contributed by atoms with van der Waals surface area (Å²) in [6.45, 7) is 3.17. The van der Waals surface area contributed by atoms with Crippen LogP contribution in [0.4, 0.5) is 0 Å². The van der Waals surface area contributed by atoms with Crippen molar-refractivity contribution < 1.29 is 0 Å². The van der Waals surface area contributed by atoms with Crippen molar-refractivity contribution in [3.05, 3.63) is 28.0 Å². The second kappa shape index (κ2) is 3.65. The molecule has 1 aromatic heterocycles. The monoisotopic (exact) mass is 286 g/mol. The zero-order valence-electron chi connectivity index (χ0n) is 7.50. The highest BCUT2D eigenvalue weighted by Crippen LogP contribution is 2.17. The molecule has 0 saturated carbocycles. The van der Waals surface area contributed by atoms with Crippen molar-refractivity contribution in [2.24, 2.45) is 0 Å². The lowest BCUT2D eigenvalue weighted by molar-refractivity contribution is 0.622. The van der Waals surface area contributed by atoms with Crippen LogP contribution in [0, 0.1) is 3.57 Å². The maximum Gasteiger partial charge on any atom is 0.0692 e. The second-order valence-corrected chi connectivity index (χ2v) is 4.32. The van der Waals surface area contributed by atoms with Gasteiger partial charge in [0, 0.05) is 15.5 Å². The molecule has 0 aliphatic rings. The predicted molar refractivity (Wildman–Crippen MR) is 62.7 cm³/mol. The normalized spacial score (nSPS) is 10.9. The minimum absolute atomic E-state index is 1.00. The van der Waals surface area contributed by atoms with Gasteiger partial charge in [0.1, 0.15) is 0 Å². The lowest BCUT2D eigenvalue weighted by Gasteiger charge is -2.00. The van der Waals surface area contributed by atoms with Crippen LogP contribution in [-0.2, 0) is 6.54 Å². The molecule has 0 aliphatic heterocycles. The molecule has 68 valence electrons. The fraction of sp³-hybridized carbons (Fsp3) is 0.300. The second-order valence-electron chi connectivity index (χ2n) is 3.07. The molecule has 0 unspecified atom stereocenters. The number of fused-ring (bicyclic) bond motifs is 1. The Balaban J connectivity index is 2.58. The van der Waals surface area contributed by atoms with E-state index >= 15 is 0 Å². The average Bonchev–Trinajstić information content (AvgIpc) is 2.49. The van der Waals surface area contributed by atoms with Crippen LogP contribution in [-0.4, -0.2) is 9.78 Å². The van der Waals surface area contributed by atoms with E-state index in [0.717, 1.165) is 13.0 Å². The predicted octanol–water partition coefficient (Wildman–Crippen LogP) is 3.05. The van der Waals surface area contributed by atoms with Gasteiger partial charge in [0.25, 0.3) is 0 Å². The first-order chi connectivity index (χ1) is 6.31. The van der Waals surface area contributed by atoms with Gasteiger partial charge in [-0.2, -0.15) is 5.10 Å². The van der Waals surface area contributed by atoms with Gasteiger partial charge in [0.2, 0.25) is 0 Å². The summed E-state index contributed by atoms with van der Waals surface area (Å²) < 4.78 is 3.33. The van der Waals surface area contributed by atoms with E-state index in [4.69, 9.17) is 0 Å². The number of nitrogens with zero attached hydrogens (tertiary/aromatic N) is 2. The van der Waals surface area contributed by atoms with Crippen molar-refractivity contribution in [1.29, 1.82) is 0 Å². The highest BCUT2D eigenvalue weighted by molar-refractivity contribution is 14.1. The van der Waals surface area contributed by atoms with Gasteiger partial charge in [0.05, 0.1) is 11.7 Å². The standard InChI is InChI=1S/C10H11IN2/c1-2-5-13-10-6-9(11)4-3-8(10)7-12-13/h3-4,6-7H,2,5H2,1H3. The van der Waals surface area contributed by atoms with Gasteiger partial charge in [-0.15, -0.1) is 0 Å². The summed E-state index contributed by atoms with van der Waals surface area (Å²) in [7, 11) is 0. The molecule has 13 heavy (non-hydrogen) atoms. The number of aromatic nitrogens is 2. The van der Waals surface area contributed by atoms with Crippen LogP contribution < -0.4 is 0 Å². The molecule has 2 rings (SSSR count). The fourth-order valence-corrected chi connectivity index (χ4v) is 1.91. The third kappa shape index (κ3) is 1.70. The molecule has 2 nitrogen and oxygen atoms in total. The molecule has 0 amide bonds. The average molecular weight is 286 g/mol. The van der Waals surface area contributed by atoms with Crippen molar-refractivity contribution in [1.82, 2.24) is 9.78 Å². The smallest absolute Gasteiger partial charge is 0.0692 e. The largest absolute Gasteiger partial charge is 0.265 e. The Morgan fingerprint density at radius 3 is 3.08 bits per heavy atom. The summed E-state index contributed by atoms with van der Waals surface area (Å²) in [6, 6.07) is 6.41. The topological polar surface area (TPSA) is 17.8 Å². The molecule has 3 heteroatoms. The lowest BCUT2D eigenvalue weighted by Crippen LogP contribution is -1.97. The fourth-order valence-electron chi connectivity index (χ4n) is 1.43. The van der Waals surface area contributed by atoms with Crippen LogP contribution >= 0.6 is 22.6 Å². The Labute approximate surface area is 91.1 Å². The van der Waals surface area contributed by atoms with E-state index in [1.807, 2.05) is 6.20 Å². The van der Waals surface area contributed by atoms with Crippen LogP contribution in [0.25, 0.3) is 10.9 Å². The quantitative estimate of drug-likeness (QED) is 0.776. The van der Waals surface area contributed by atoms with Gasteiger partial charge in [0.15, 0.2) is 0 Å². The number of hydrogen-bond donors (Lipinski definition) is 0. The van der Waals surface area contributed by atoms with E-state index in [2.05, 4.69) is 57.5 Å². The van der Waals surface area contributed by atoms with E-state index in [1.165, 1.54) is 14.5 Å². The zero-order chi connectivity index (χ0) is 9.26. The zero-order valence-corrected chi connectivity index (χ0v) is 9.65. The maximum absolute atomic E-state index is 4.34. The molecule has 2 aromatic rings. The Morgan fingerprint density at radius 2 is 2.31 bits per heavy atom. The van der Waals surface area contributed by atoms with Crippen molar-refractivity contribution in [2.45, 2.75) is 19.9 Å². The molecule has 1 aromatic carbocycles. The number of benzene rings is 1. The Hall–Kier alpha value is -0.580. The van der Waals surface area contributed by atoms with Crippen molar-refractivity contribution in [3.63, 3.8) is 0 Å². The molecule has 0 atom stereocenters. The molecule has 0 radical (unpaired) electrons. The van der Waals surface area contributed by atoms with E-state index in [9.17, 15) is 0 Å². The molecule has 1 heterocycles. The van der Waals surface area contributed by atoms with Gasteiger partial charge >= 0.3 is 0 Å². The van der Waals surface area contributed by atoms with Crippen molar-refractivity contribution >= 4 is 33.5 Å².